The maximum Gasteiger partial charge on any atom is 0.416 e. The van der Waals surface area contributed by atoms with E-state index in [0.29, 0.717) is 23.0 Å². The number of rotatable bonds is 7. The van der Waals surface area contributed by atoms with E-state index in [9.17, 15) is 40.4 Å². The van der Waals surface area contributed by atoms with Crippen LogP contribution in [-0.2, 0) is 25.8 Å². The van der Waals surface area contributed by atoms with Crippen LogP contribution in [0.25, 0.3) is 10.9 Å². The summed E-state index contributed by atoms with van der Waals surface area (Å²) in [7, 11) is -4.57. The van der Waals surface area contributed by atoms with Gasteiger partial charge in [-0.3, -0.25) is 14.4 Å². The van der Waals surface area contributed by atoms with Crippen molar-refractivity contribution in [3.05, 3.63) is 64.6 Å². The second kappa shape index (κ2) is 11.0. The number of sulfonamides is 1. The van der Waals surface area contributed by atoms with Crippen LogP contribution in [0.2, 0.25) is 5.02 Å². The number of aromatic nitrogens is 1. The van der Waals surface area contributed by atoms with Gasteiger partial charge in [0.1, 0.15) is 22.4 Å². The molecule has 10 nitrogen and oxygen atoms in total. The van der Waals surface area contributed by atoms with Gasteiger partial charge in [-0.1, -0.05) is 32.4 Å². The highest BCUT2D eigenvalue weighted by Gasteiger charge is 2.65. The Hall–Kier alpha value is -3.69. The molecular weight excluding hydrogens is 642 g/mol. The molecule has 2 aliphatic heterocycles. The zero-order valence-corrected chi connectivity index (χ0v) is 26.1. The first kappa shape index (κ1) is 32.7. The predicted molar refractivity (Wildman–Crippen MR) is 156 cm³/mol. The second-order valence-corrected chi connectivity index (χ2v) is 14.6. The van der Waals surface area contributed by atoms with Crippen molar-refractivity contribution in [1.82, 2.24) is 24.8 Å². The molecule has 3 N–H and O–H groups in total. The number of nitrogens with one attached hydrogen (secondary N) is 3. The number of benzene rings is 2. The number of likely N-dealkylation sites (tertiary alicyclic amines) is 2. The number of nitrogens with zero attached hydrogens (tertiary/aromatic N) is 2. The molecule has 0 spiro atoms. The number of alkyl halides is 3. The molecule has 2 aliphatic rings. The summed E-state index contributed by atoms with van der Waals surface area (Å²) < 4.78 is 80.4. The highest BCUT2D eigenvalue weighted by Crippen LogP contribution is 2.45. The molecule has 0 unspecified atom stereocenters. The number of carbonyl (C=O) groups excluding carboxylic acids is 3. The fraction of sp³-hybridized carbons (Fsp3) is 0.414. The van der Waals surface area contributed by atoms with E-state index in [1.54, 1.807) is 32.6 Å². The number of halogens is 5. The van der Waals surface area contributed by atoms with E-state index in [1.807, 2.05) is 4.72 Å². The lowest BCUT2D eigenvalue weighted by Gasteiger charge is -2.69. The largest absolute Gasteiger partial charge is 0.416 e. The minimum atomic E-state index is -4.80. The Morgan fingerprint density at radius 3 is 2.40 bits per heavy atom. The minimum Gasteiger partial charge on any atom is -0.351 e. The van der Waals surface area contributed by atoms with Crippen LogP contribution in [-0.4, -0.2) is 78.2 Å². The number of piperazine rings is 1. The van der Waals surface area contributed by atoms with Crippen LogP contribution >= 0.6 is 11.6 Å². The van der Waals surface area contributed by atoms with Gasteiger partial charge in [-0.05, 0) is 54.8 Å². The summed E-state index contributed by atoms with van der Waals surface area (Å²) in [6, 6.07) is 6.01. The van der Waals surface area contributed by atoms with Crippen LogP contribution in [0.3, 0.4) is 0 Å². The molecule has 45 heavy (non-hydrogen) atoms. The Labute approximate surface area is 261 Å². The lowest BCUT2D eigenvalue weighted by Crippen LogP contribution is -2.89. The van der Waals surface area contributed by atoms with Crippen molar-refractivity contribution in [3.63, 3.8) is 0 Å². The topological polar surface area (TPSA) is 132 Å². The fourth-order valence-corrected chi connectivity index (χ4v) is 7.18. The average Bonchev–Trinajstić information content (AvgIpc) is 3.35. The van der Waals surface area contributed by atoms with Crippen molar-refractivity contribution in [1.29, 1.82) is 0 Å². The van der Waals surface area contributed by atoms with E-state index in [-0.39, 0.29) is 24.7 Å². The Balaban J connectivity index is 1.22. The third-order valence-corrected chi connectivity index (χ3v) is 10.2. The third-order valence-electron chi connectivity index (χ3n) is 8.32. The molecule has 0 aliphatic carbocycles. The molecule has 3 heterocycles. The lowest BCUT2D eigenvalue weighted by atomic mass is 9.70. The van der Waals surface area contributed by atoms with Crippen molar-refractivity contribution >= 4 is 50.2 Å². The van der Waals surface area contributed by atoms with Crippen molar-refractivity contribution in [2.45, 2.75) is 56.4 Å². The summed E-state index contributed by atoms with van der Waals surface area (Å²) in [5.41, 5.74) is -1.99. The van der Waals surface area contributed by atoms with Gasteiger partial charge in [0.2, 0.25) is 21.8 Å². The van der Waals surface area contributed by atoms with Crippen molar-refractivity contribution in [2.75, 3.05) is 19.6 Å². The fourth-order valence-electron chi connectivity index (χ4n) is 5.68. The maximum atomic E-state index is 13.7. The van der Waals surface area contributed by atoms with Crippen LogP contribution in [0.15, 0.2) is 47.4 Å². The van der Waals surface area contributed by atoms with Gasteiger partial charge in [0.05, 0.1) is 28.7 Å². The number of fused-ring (bicyclic) bond motifs is 2. The summed E-state index contributed by atoms with van der Waals surface area (Å²) in [4.78, 5) is 44.8. The van der Waals surface area contributed by atoms with Gasteiger partial charge in [0.15, 0.2) is 0 Å². The van der Waals surface area contributed by atoms with Gasteiger partial charge in [-0.25, -0.2) is 17.5 Å². The molecule has 1 aromatic heterocycles. The smallest absolute Gasteiger partial charge is 0.351 e. The Morgan fingerprint density at radius 2 is 1.80 bits per heavy atom. The van der Waals surface area contributed by atoms with Gasteiger partial charge in [0.25, 0.3) is 5.91 Å². The van der Waals surface area contributed by atoms with Crippen LogP contribution in [0.1, 0.15) is 43.7 Å². The molecule has 5 rings (SSSR count). The van der Waals surface area contributed by atoms with E-state index in [1.165, 1.54) is 29.2 Å². The van der Waals surface area contributed by atoms with Crippen LogP contribution < -0.4 is 10.0 Å². The van der Waals surface area contributed by atoms with Gasteiger partial charge in [0, 0.05) is 24.0 Å². The summed E-state index contributed by atoms with van der Waals surface area (Å²) in [6.45, 7) is 6.60. The van der Waals surface area contributed by atoms with E-state index >= 15 is 0 Å². The monoisotopic (exact) mass is 671 g/mol. The first-order valence-electron chi connectivity index (χ1n) is 13.8. The second-order valence-electron chi connectivity index (χ2n) is 12.5. The number of hydrogen-bond acceptors (Lipinski definition) is 5. The summed E-state index contributed by atoms with van der Waals surface area (Å²) in [5.74, 6) is -2.01. The normalized spacial score (nSPS) is 20.7. The molecule has 242 valence electrons. The molecule has 0 bridgehead atoms. The van der Waals surface area contributed by atoms with Crippen LogP contribution in [0.4, 0.5) is 17.6 Å². The number of hydrogen-bond donors (Lipinski definition) is 3. The predicted octanol–water partition coefficient (Wildman–Crippen LogP) is 3.91. The van der Waals surface area contributed by atoms with Crippen LogP contribution in [0.5, 0.6) is 0 Å². The lowest BCUT2D eigenvalue weighted by molar-refractivity contribution is -0.206. The summed E-state index contributed by atoms with van der Waals surface area (Å²) >= 11 is 5.85. The first-order valence-corrected chi connectivity index (χ1v) is 15.6. The number of aromatic amines is 1. The summed E-state index contributed by atoms with van der Waals surface area (Å²) in [5, 5.41) is 2.84. The van der Waals surface area contributed by atoms with E-state index in [2.05, 4.69) is 10.3 Å². The molecule has 0 saturated carbocycles. The average molecular weight is 672 g/mol. The standard InChI is InChI=1S/C29H30ClF4N5O5S/c1-27(2,3)24(37-25(41)20-10-15-9-17(31)6-8-19(15)36-20)26(42)39-13-22-28(39,4)14-38(22)23(40)12-35-45(43,44)21-11-16(29(32,33)34)5-7-18(21)30/h5-11,22,24,35-36H,12-14H2,1-4H3,(H,37,41)/t22-,24-,28-/m1/s1. The number of amides is 3. The van der Waals surface area contributed by atoms with Crippen molar-refractivity contribution in [3.8, 4) is 0 Å². The molecule has 16 heteroatoms. The Bertz CT molecular complexity index is 1820. The first-order chi connectivity index (χ1) is 20.7. The maximum absolute atomic E-state index is 13.7. The van der Waals surface area contributed by atoms with Crippen LogP contribution in [0, 0.1) is 11.2 Å². The molecule has 2 saturated heterocycles. The molecule has 3 aromatic rings. The molecule has 3 atom stereocenters. The van der Waals surface area contributed by atoms with Gasteiger partial charge >= 0.3 is 6.18 Å². The molecular formula is C29H30ClF4N5O5S. The molecule has 0 radical (unpaired) electrons. The number of carbonyl (C=O) groups is 3. The van der Waals surface area contributed by atoms with Gasteiger partial charge in [-0.15, -0.1) is 0 Å². The zero-order valence-electron chi connectivity index (χ0n) is 24.6. The SMILES string of the molecule is CC(C)(C)[C@H](NC(=O)c1cc2cc(F)ccc2[nH]1)C(=O)N1C[C@H]2N(C(=O)CNS(=O)(=O)c3cc(C(F)(F)F)ccc3Cl)C[C@]21C. The van der Waals surface area contributed by atoms with E-state index in [0.717, 1.165) is 6.07 Å². The van der Waals surface area contributed by atoms with Crippen molar-refractivity contribution in [2.24, 2.45) is 5.41 Å². The third kappa shape index (κ3) is 6.00. The highest BCUT2D eigenvalue weighted by molar-refractivity contribution is 7.89. The Kier molecular flexibility index (Phi) is 7.98. The van der Waals surface area contributed by atoms with Gasteiger partial charge < -0.3 is 20.1 Å². The highest BCUT2D eigenvalue weighted by atomic mass is 35.5. The number of H-pyrrole nitrogens is 1. The quantitative estimate of drug-likeness (QED) is 0.328. The van der Waals surface area contributed by atoms with E-state index < -0.39 is 78.9 Å². The Morgan fingerprint density at radius 1 is 1.11 bits per heavy atom. The molecule has 2 fully saturated rings. The molecule has 3 amide bonds. The van der Waals surface area contributed by atoms with E-state index in [4.69, 9.17) is 11.6 Å². The summed E-state index contributed by atoms with van der Waals surface area (Å²) in [6.07, 6.45) is -4.80. The minimum absolute atomic E-state index is 0.0761. The molecule has 2 aromatic carbocycles. The van der Waals surface area contributed by atoms with Gasteiger partial charge in [-0.2, -0.15) is 13.2 Å². The zero-order chi connectivity index (χ0) is 33.3. The van der Waals surface area contributed by atoms with Crippen molar-refractivity contribution < 1.29 is 40.4 Å².